The van der Waals surface area contributed by atoms with E-state index in [0.717, 1.165) is 9.87 Å². The molecule has 1 saturated heterocycles. The van der Waals surface area contributed by atoms with Crippen LogP contribution in [0.5, 0.6) is 5.75 Å². The summed E-state index contributed by atoms with van der Waals surface area (Å²) in [6.07, 6.45) is 5.20. The first kappa shape index (κ1) is 27.5. The number of benzene rings is 1. The summed E-state index contributed by atoms with van der Waals surface area (Å²) in [6, 6.07) is 7.10. The molecule has 5 rings (SSSR count). The Morgan fingerprint density at radius 3 is 2.65 bits per heavy atom. The summed E-state index contributed by atoms with van der Waals surface area (Å²) in [5.41, 5.74) is 5.82. The summed E-state index contributed by atoms with van der Waals surface area (Å²) in [6.45, 7) is 2.59. The molecule has 1 fully saturated rings. The van der Waals surface area contributed by atoms with Crippen molar-refractivity contribution in [3.05, 3.63) is 71.6 Å². The summed E-state index contributed by atoms with van der Waals surface area (Å²) in [5.74, 6) is -0.936. The van der Waals surface area contributed by atoms with E-state index in [1.807, 2.05) is 18.1 Å². The van der Waals surface area contributed by atoms with Gasteiger partial charge in [0.15, 0.2) is 0 Å². The van der Waals surface area contributed by atoms with E-state index in [2.05, 4.69) is 20.4 Å². The van der Waals surface area contributed by atoms with Gasteiger partial charge >= 0.3 is 0 Å². The first-order valence-electron chi connectivity index (χ1n) is 12.6. The lowest BCUT2D eigenvalue weighted by atomic mass is 9.78. The number of anilines is 1. The smallest absolute Gasteiger partial charge is 0.274 e. The third-order valence-corrected chi connectivity index (χ3v) is 10.5. The van der Waals surface area contributed by atoms with E-state index in [4.69, 9.17) is 10.5 Å². The first-order valence-corrected chi connectivity index (χ1v) is 14.0. The molecule has 2 atom stereocenters. The van der Waals surface area contributed by atoms with Crippen molar-refractivity contribution in [2.45, 2.75) is 30.2 Å². The molecule has 2 aliphatic rings. The highest BCUT2D eigenvalue weighted by molar-refractivity contribution is 7.91. The van der Waals surface area contributed by atoms with Gasteiger partial charge in [0.05, 0.1) is 19.5 Å². The minimum atomic E-state index is -4.09. The number of sulfonamides is 1. The van der Waals surface area contributed by atoms with Gasteiger partial charge in [-0.2, -0.15) is 5.10 Å². The summed E-state index contributed by atoms with van der Waals surface area (Å²) < 4.78 is 49.9. The van der Waals surface area contributed by atoms with E-state index in [-0.39, 0.29) is 35.9 Å². The number of ether oxygens (including phenoxy) is 1. The van der Waals surface area contributed by atoms with Crippen LogP contribution in [0.4, 0.5) is 10.1 Å². The second-order valence-corrected chi connectivity index (χ2v) is 12.5. The molecule has 0 unspecified atom stereocenters. The van der Waals surface area contributed by atoms with Crippen LogP contribution in [0.3, 0.4) is 0 Å². The number of aryl methyl sites for hydroxylation is 1. The summed E-state index contributed by atoms with van der Waals surface area (Å²) in [5, 5.41) is 6.91. The number of hydrogen-bond donors (Lipinski definition) is 2. The normalized spacial score (nSPS) is 24.2. The number of nitrogens with zero attached hydrogens (tertiary/aromatic N) is 6. The average Bonchev–Trinajstić information content (AvgIpc) is 3.55. The first-order chi connectivity index (χ1) is 18.9. The lowest BCUT2D eigenvalue weighted by molar-refractivity contribution is 0.102. The van der Waals surface area contributed by atoms with E-state index in [1.54, 1.807) is 23.9 Å². The average molecular weight is 571 g/mol. The van der Waals surface area contributed by atoms with E-state index in [1.165, 1.54) is 44.6 Å². The van der Waals surface area contributed by atoms with Crippen LogP contribution in [-0.2, 0) is 29.2 Å². The van der Waals surface area contributed by atoms with Crippen molar-refractivity contribution < 1.29 is 22.3 Å². The number of likely N-dealkylation sites (tertiary alicyclic amines) is 1. The number of hydrogen-bond acceptors (Lipinski definition) is 9. The molecule has 4 heterocycles. The number of rotatable bonds is 6. The lowest BCUT2D eigenvalue weighted by Gasteiger charge is -2.48. The maximum atomic E-state index is 15.6. The number of guanidine groups is 1. The number of pyridine rings is 1. The number of halogens is 1. The molecule has 1 amide bonds. The zero-order valence-corrected chi connectivity index (χ0v) is 23.4. The van der Waals surface area contributed by atoms with Crippen LogP contribution in [0.15, 0.2) is 53.9 Å². The third kappa shape index (κ3) is 4.36. The SMILES string of the molecule is COc1ccc(C(=O)Nc2ccc(F)c([C@@]3(C)N=C(N)N(C)S(=O)(=O)[C@]34CCN(Cc3cnn(C)c3)C4)c2)nc1. The maximum Gasteiger partial charge on any atom is 0.274 e. The molecule has 12 nitrogen and oxygen atoms in total. The van der Waals surface area contributed by atoms with Crippen molar-refractivity contribution in [2.75, 3.05) is 32.6 Å². The third-order valence-electron chi connectivity index (χ3n) is 7.83. The van der Waals surface area contributed by atoms with Gasteiger partial charge in [-0.3, -0.25) is 14.4 Å². The number of nitrogens with one attached hydrogen (secondary N) is 1. The molecule has 0 aliphatic carbocycles. The highest BCUT2D eigenvalue weighted by Crippen LogP contribution is 2.52. The fraction of sp³-hybridized carbons (Fsp3) is 0.385. The Morgan fingerprint density at radius 1 is 1.23 bits per heavy atom. The van der Waals surface area contributed by atoms with E-state index in [9.17, 15) is 13.2 Å². The minimum Gasteiger partial charge on any atom is -0.495 e. The number of methoxy groups -OCH3 is 1. The van der Waals surface area contributed by atoms with Gasteiger partial charge in [-0.25, -0.2) is 27.1 Å². The van der Waals surface area contributed by atoms with Crippen LogP contribution in [0.1, 0.15) is 35.0 Å². The van der Waals surface area contributed by atoms with Gasteiger partial charge in [-0.1, -0.05) is 0 Å². The molecular weight excluding hydrogens is 539 g/mol. The Bertz CT molecular complexity index is 1590. The predicted molar refractivity (Wildman–Crippen MR) is 147 cm³/mol. The van der Waals surface area contributed by atoms with E-state index >= 15 is 4.39 Å². The van der Waals surface area contributed by atoms with E-state index < -0.39 is 32.0 Å². The van der Waals surface area contributed by atoms with Gasteiger partial charge in [0.2, 0.25) is 16.0 Å². The minimum absolute atomic E-state index is 0.0100. The zero-order valence-electron chi connectivity index (χ0n) is 22.6. The highest BCUT2D eigenvalue weighted by Gasteiger charge is 2.66. The second kappa shape index (κ2) is 9.86. The van der Waals surface area contributed by atoms with Gasteiger partial charge < -0.3 is 15.8 Å². The number of carbonyl (C=O) groups excluding carboxylic acids is 1. The summed E-state index contributed by atoms with van der Waals surface area (Å²) in [4.78, 5) is 23.6. The molecule has 3 N–H and O–H groups in total. The number of carbonyl (C=O) groups is 1. The largest absolute Gasteiger partial charge is 0.495 e. The molecular formula is C26H31FN8O4S. The standard InChI is InChI=1S/C26H31FN8O4S/c1-25(20-11-18(5-7-21(20)27)31-23(36)22-8-6-19(39-4)13-29-22)26(40(37,38)34(3)24(28)32-25)9-10-35(16-26)15-17-12-30-33(2)14-17/h5-8,11-14H,9-10,15-16H2,1-4H3,(H2,28,32)(H,31,36)/t25-,26+/m1/s1. The number of aliphatic imine (C=N–C) groups is 1. The van der Waals surface area contributed by atoms with Gasteiger partial charge in [0.1, 0.15) is 27.5 Å². The van der Waals surface area contributed by atoms with Gasteiger partial charge in [0.25, 0.3) is 5.91 Å². The maximum absolute atomic E-state index is 15.6. The van der Waals surface area contributed by atoms with Crippen molar-refractivity contribution in [1.29, 1.82) is 0 Å². The Labute approximate surface area is 231 Å². The van der Waals surface area contributed by atoms with Gasteiger partial charge in [0, 0.05) is 56.7 Å². The molecule has 1 spiro atoms. The highest BCUT2D eigenvalue weighted by atomic mass is 32.2. The molecule has 0 radical (unpaired) electrons. The monoisotopic (exact) mass is 570 g/mol. The molecule has 3 aromatic rings. The summed E-state index contributed by atoms with van der Waals surface area (Å²) >= 11 is 0. The van der Waals surface area contributed by atoms with Crippen molar-refractivity contribution in [3.8, 4) is 5.75 Å². The zero-order chi connectivity index (χ0) is 28.9. The van der Waals surface area contributed by atoms with Crippen LogP contribution in [0, 0.1) is 5.82 Å². The number of aromatic nitrogens is 3. The predicted octanol–water partition coefficient (Wildman–Crippen LogP) is 1.66. The fourth-order valence-electron chi connectivity index (χ4n) is 5.56. The molecule has 40 heavy (non-hydrogen) atoms. The van der Waals surface area contributed by atoms with Crippen molar-refractivity contribution in [2.24, 2.45) is 17.8 Å². The van der Waals surface area contributed by atoms with Crippen LogP contribution >= 0.6 is 0 Å². The van der Waals surface area contributed by atoms with E-state index in [0.29, 0.717) is 18.8 Å². The second-order valence-electron chi connectivity index (χ2n) is 10.2. The van der Waals surface area contributed by atoms with Crippen molar-refractivity contribution in [3.63, 3.8) is 0 Å². The van der Waals surface area contributed by atoms with Crippen LogP contribution < -0.4 is 15.8 Å². The molecule has 212 valence electrons. The molecule has 2 aliphatic heterocycles. The quantitative estimate of drug-likeness (QED) is 0.455. The van der Waals surface area contributed by atoms with Crippen LogP contribution in [0.25, 0.3) is 0 Å². The Morgan fingerprint density at radius 2 is 2.00 bits per heavy atom. The Balaban J connectivity index is 1.53. The number of nitrogens with two attached hydrogens (primary N) is 1. The van der Waals surface area contributed by atoms with Gasteiger partial charge in [-0.05, 0) is 43.7 Å². The van der Waals surface area contributed by atoms with Crippen LogP contribution in [-0.4, -0.2) is 76.2 Å². The molecule has 14 heteroatoms. The molecule has 2 aromatic heterocycles. The van der Waals surface area contributed by atoms with Crippen LogP contribution in [0.2, 0.25) is 0 Å². The lowest BCUT2D eigenvalue weighted by Crippen LogP contribution is -2.66. The molecule has 0 bridgehead atoms. The number of amides is 1. The fourth-order valence-corrected chi connectivity index (χ4v) is 7.73. The van der Waals surface area contributed by atoms with Crippen molar-refractivity contribution in [1.82, 2.24) is 24.0 Å². The molecule has 0 saturated carbocycles. The molecule has 1 aromatic carbocycles. The summed E-state index contributed by atoms with van der Waals surface area (Å²) in [7, 11) is 0.566. The Hall–Kier alpha value is -4.04. The Kier molecular flexibility index (Phi) is 6.78. The topological polar surface area (TPSA) is 148 Å². The van der Waals surface area contributed by atoms with Gasteiger partial charge in [-0.15, -0.1) is 0 Å². The van der Waals surface area contributed by atoms with Crippen molar-refractivity contribution >= 4 is 27.6 Å².